The van der Waals surface area contributed by atoms with Crippen LogP contribution in [0.2, 0.25) is 0 Å². The predicted octanol–water partition coefficient (Wildman–Crippen LogP) is -0.799. The molecule has 0 aromatic carbocycles. The zero-order valence-electron chi connectivity index (χ0n) is 11.2. The zero-order chi connectivity index (χ0) is 15.2. The Morgan fingerprint density at radius 2 is 2.10 bits per heavy atom. The largest absolute Gasteiger partial charge is 0.480 e. The highest BCUT2D eigenvalue weighted by Crippen LogP contribution is 2.18. The van der Waals surface area contributed by atoms with Gasteiger partial charge in [0.05, 0.1) is 11.9 Å². The number of nitrogens with zero attached hydrogens (tertiary/aromatic N) is 2. The highest BCUT2D eigenvalue weighted by molar-refractivity contribution is 5.91. The summed E-state index contributed by atoms with van der Waals surface area (Å²) in [6, 6.07) is 0.290. The minimum Gasteiger partial charge on any atom is -0.480 e. The van der Waals surface area contributed by atoms with Crippen LogP contribution in [0.25, 0.3) is 0 Å². The summed E-state index contributed by atoms with van der Waals surface area (Å²) in [6.45, 7) is -0.810. The first-order chi connectivity index (χ1) is 10.0. The molecule has 0 saturated heterocycles. The van der Waals surface area contributed by atoms with E-state index in [0.717, 1.165) is 12.8 Å². The summed E-state index contributed by atoms with van der Waals surface area (Å²) in [5.41, 5.74) is 0.415. The second kappa shape index (κ2) is 6.84. The lowest BCUT2D eigenvalue weighted by Crippen LogP contribution is -2.29. The summed E-state index contributed by atoms with van der Waals surface area (Å²) in [5.74, 6) is -1.75. The van der Waals surface area contributed by atoms with Crippen LogP contribution in [0.15, 0.2) is 12.4 Å². The van der Waals surface area contributed by atoms with E-state index in [4.69, 9.17) is 5.11 Å². The third-order valence-electron chi connectivity index (χ3n) is 2.62. The highest BCUT2D eigenvalue weighted by Gasteiger charge is 2.23. The molecule has 0 atom stereocenters. The molecule has 0 bridgehead atoms. The molecule has 3 N–H and O–H groups in total. The number of hydrogen-bond donors (Lipinski definition) is 3. The average Bonchev–Trinajstić information content (AvgIpc) is 3.09. The fourth-order valence-corrected chi connectivity index (χ4v) is 1.59. The Balaban J connectivity index is 1.72. The number of carboxylic acids is 1. The SMILES string of the molecule is O=C(O)COCC(=O)Nc1cnn(CC(=O)NC2CC2)c1. The van der Waals surface area contributed by atoms with Gasteiger partial charge in [0.2, 0.25) is 11.8 Å². The zero-order valence-corrected chi connectivity index (χ0v) is 11.2. The smallest absolute Gasteiger partial charge is 0.329 e. The van der Waals surface area contributed by atoms with Gasteiger partial charge in [-0.3, -0.25) is 14.3 Å². The van der Waals surface area contributed by atoms with E-state index in [1.54, 1.807) is 0 Å². The number of amides is 2. The van der Waals surface area contributed by atoms with E-state index >= 15 is 0 Å². The van der Waals surface area contributed by atoms with Gasteiger partial charge in [-0.25, -0.2) is 4.79 Å². The number of nitrogens with one attached hydrogen (secondary N) is 2. The molecule has 1 aromatic rings. The number of rotatable bonds is 8. The molecule has 9 heteroatoms. The highest BCUT2D eigenvalue weighted by atomic mass is 16.5. The van der Waals surface area contributed by atoms with Crippen LogP contribution in [0, 0.1) is 0 Å². The van der Waals surface area contributed by atoms with Crippen molar-refractivity contribution in [2.75, 3.05) is 18.5 Å². The Hall–Kier alpha value is -2.42. The van der Waals surface area contributed by atoms with Gasteiger partial charge in [0.15, 0.2) is 0 Å². The van der Waals surface area contributed by atoms with Crippen molar-refractivity contribution >= 4 is 23.5 Å². The molecule has 0 aliphatic heterocycles. The molecule has 2 amide bonds. The Bertz CT molecular complexity index is 538. The van der Waals surface area contributed by atoms with Crippen LogP contribution in [0.3, 0.4) is 0 Å². The quantitative estimate of drug-likeness (QED) is 0.577. The second-order valence-corrected chi connectivity index (χ2v) is 4.70. The average molecular weight is 296 g/mol. The van der Waals surface area contributed by atoms with Crippen LogP contribution in [0.4, 0.5) is 5.69 Å². The first kappa shape index (κ1) is 15.0. The van der Waals surface area contributed by atoms with E-state index < -0.39 is 18.5 Å². The molecule has 1 heterocycles. The standard InChI is InChI=1S/C12H16N4O5/c17-10(14-8-1-2-8)5-16-4-9(3-13-16)15-11(18)6-21-7-12(19)20/h3-4,8H,1-2,5-7H2,(H,14,17)(H,15,18)(H,19,20). The van der Waals surface area contributed by atoms with E-state index in [9.17, 15) is 14.4 Å². The molecular formula is C12H16N4O5. The molecule has 114 valence electrons. The van der Waals surface area contributed by atoms with Gasteiger partial charge in [-0.05, 0) is 12.8 Å². The fraction of sp³-hybridized carbons (Fsp3) is 0.500. The summed E-state index contributed by atoms with van der Waals surface area (Å²) in [7, 11) is 0. The molecule has 1 fully saturated rings. The number of aromatic nitrogens is 2. The molecule has 0 spiro atoms. The molecular weight excluding hydrogens is 280 g/mol. The number of carboxylic acid groups (broad SMARTS) is 1. The van der Waals surface area contributed by atoms with Crippen molar-refractivity contribution in [3.63, 3.8) is 0 Å². The van der Waals surface area contributed by atoms with Gasteiger partial charge in [0.1, 0.15) is 19.8 Å². The molecule has 1 aliphatic rings. The maximum atomic E-state index is 11.6. The lowest BCUT2D eigenvalue weighted by Gasteiger charge is -2.03. The van der Waals surface area contributed by atoms with Gasteiger partial charge in [-0.2, -0.15) is 5.10 Å². The molecule has 9 nitrogen and oxygen atoms in total. The van der Waals surface area contributed by atoms with Crippen LogP contribution in [0.1, 0.15) is 12.8 Å². The summed E-state index contributed by atoms with van der Waals surface area (Å²) < 4.78 is 6.06. The van der Waals surface area contributed by atoms with E-state index in [0.29, 0.717) is 11.7 Å². The maximum absolute atomic E-state index is 11.6. The number of carbonyl (C=O) groups is 3. The van der Waals surface area contributed by atoms with Crippen molar-refractivity contribution in [3.8, 4) is 0 Å². The van der Waals surface area contributed by atoms with Crippen molar-refractivity contribution in [1.29, 1.82) is 0 Å². The Morgan fingerprint density at radius 3 is 2.76 bits per heavy atom. The normalized spacial score (nSPS) is 13.7. The Morgan fingerprint density at radius 1 is 1.33 bits per heavy atom. The molecule has 1 aromatic heterocycles. The van der Waals surface area contributed by atoms with Crippen LogP contribution < -0.4 is 10.6 Å². The summed E-state index contributed by atoms with van der Waals surface area (Å²) in [6.07, 6.45) is 4.95. The van der Waals surface area contributed by atoms with Crippen molar-refractivity contribution in [1.82, 2.24) is 15.1 Å². The third kappa shape index (κ3) is 5.61. The summed E-state index contributed by atoms with van der Waals surface area (Å²) >= 11 is 0. The number of hydrogen-bond acceptors (Lipinski definition) is 5. The lowest BCUT2D eigenvalue weighted by atomic mass is 10.5. The topological polar surface area (TPSA) is 123 Å². The lowest BCUT2D eigenvalue weighted by molar-refractivity contribution is -0.143. The number of ether oxygens (including phenoxy) is 1. The first-order valence-corrected chi connectivity index (χ1v) is 6.44. The predicted molar refractivity (Wildman–Crippen MR) is 70.5 cm³/mol. The van der Waals surface area contributed by atoms with Gasteiger partial charge in [-0.15, -0.1) is 0 Å². The number of carbonyl (C=O) groups excluding carboxylic acids is 2. The molecule has 2 rings (SSSR count). The van der Waals surface area contributed by atoms with Crippen molar-refractivity contribution in [2.45, 2.75) is 25.4 Å². The minimum absolute atomic E-state index is 0.0852. The Kier molecular flexibility index (Phi) is 4.88. The Labute approximate surface area is 120 Å². The third-order valence-corrected chi connectivity index (χ3v) is 2.62. The molecule has 1 saturated carbocycles. The molecule has 1 aliphatic carbocycles. The van der Waals surface area contributed by atoms with E-state index in [2.05, 4.69) is 20.5 Å². The fourth-order valence-electron chi connectivity index (χ4n) is 1.59. The van der Waals surface area contributed by atoms with Gasteiger partial charge in [0, 0.05) is 12.2 Å². The first-order valence-electron chi connectivity index (χ1n) is 6.44. The number of aliphatic carboxylic acids is 1. The van der Waals surface area contributed by atoms with Crippen LogP contribution in [-0.4, -0.2) is 51.9 Å². The van der Waals surface area contributed by atoms with Crippen molar-refractivity contribution in [3.05, 3.63) is 12.4 Å². The van der Waals surface area contributed by atoms with Gasteiger partial charge in [-0.1, -0.05) is 0 Å². The summed E-state index contributed by atoms with van der Waals surface area (Å²) in [5, 5.41) is 17.6. The van der Waals surface area contributed by atoms with Crippen LogP contribution in [-0.2, 0) is 25.7 Å². The second-order valence-electron chi connectivity index (χ2n) is 4.70. The van der Waals surface area contributed by atoms with E-state index in [1.807, 2.05) is 0 Å². The summed E-state index contributed by atoms with van der Waals surface area (Å²) in [4.78, 5) is 33.2. The van der Waals surface area contributed by atoms with E-state index in [-0.39, 0.29) is 19.1 Å². The van der Waals surface area contributed by atoms with Crippen LogP contribution >= 0.6 is 0 Å². The monoisotopic (exact) mass is 296 g/mol. The van der Waals surface area contributed by atoms with Crippen molar-refractivity contribution < 1.29 is 24.2 Å². The minimum atomic E-state index is -1.14. The van der Waals surface area contributed by atoms with Crippen LogP contribution in [0.5, 0.6) is 0 Å². The number of anilines is 1. The van der Waals surface area contributed by atoms with Gasteiger partial charge < -0.3 is 20.5 Å². The van der Waals surface area contributed by atoms with E-state index in [1.165, 1.54) is 17.1 Å². The maximum Gasteiger partial charge on any atom is 0.329 e. The molecule has 0 radical (unpaired) electrons. The molecule has 21 heavy (non-hydrogen) atoms. The van der Waals surface area contributed by atoms with Gasteiger partial charge >= 0.3 is 5.97 Å². The van der Waals surface area contributed by atoms with Gasteiger partial charge in [0.25, 0.3) is 0 Å². The van der Waals surface area contributed by atoms with Crippen molar-refractivity contribution in [2.24, 2.45) is 0 Å². The molecule has 0 unspecified atom stereocenters.